The number of thiazole rings is 1. The molecule has 5 nitrogen and oxygen atoms in total. The molecule has 1 N–H and O–H groups in total. The lowest BCUT2D eigenvalue weighted by Gasteiger charge is -2.34. The summed E-state index contributed by atoms with van der Waals surface area (Å²) in [7, 11) is 2.17. The summed E-state index contributed by atoms with van der Waals surface area (Å²) in [5.41, 5.74) is 4.43. The van der Waals surface area contributed by atoms with E-state index in [1.807, 2.05) is 6.07 Å². The standard InChI is InChI=1S/C22H22FN5S/c1-14-19(15-6-8-16(9-7-15)28-12-10-27(2)11-13-28)24-22(29-14)21-17-4-3-5-18(23)20(17)25-26-21/h3-9H,10-13H2,1-2H3,(H,25,26). The van der Waals surface area contributed by atoms with Gasteiger partial charge in [0.2, 0.25) is 0 Å². The fraction of sp³-hybridized carbons (Fsp3) is 0.273. The number of fused-ring (bicyclic) bond motifs is 1. The van der Waals surface area contributed by atoms with Crippen LogP contribution in [0.3, 0.4) is 0 Å². The lowest BCUT2D eigenvalue weighted by Crippen LogP contribution is -2.44. The zero-order chi connectivity index (χ0) is 20.0. The lowest BCUT2D eigenvalue weighted by molar-refractivity contribution is 0.313. The fourth-order valence-corrected chi connectivity index (χ4v) is 4.77. The van der Waals surface area contributed by atoms with Crippen LogP contribution >= 0.6 is 11.3 Å². The Labute approximate surface area is 172 Å². The maximum atomic E-state index is 14.0. The van der Waals surface area contributed by atoms with Crippen molar-refractivity contribution in [3.8, 4) is 22.0 Å². The number of aryl methyl sites for hydroxylation is 1. The highest BCUT2D eigenvalue weighted by Gasteiger charge is 2.18. The second-order valence-corrected chi connectivity index (χ2v) is 8.70. The summed E-state index contributed by atoms with van der Waals surface area (Å²) >= 11 is 1.59. The Bertz CT molecular complexity index is 1160. The molecule has 4 aromatic rings. The molecule has 0 unspecified atom stereocenters. The number of rotatable bonds is 3. The number of benzene rings is 2. The number of halogens is 1. The zero-order valence-corrected chi connectivity index (χ0v) is 17.3. The number of nitrogens with zero attached hydrogens (tertiary/aromatic N) is 4. The first-order valence-electron chi connectivity index (χ1n) is 9.74. The first-order valence-corrected chi connectivity index (χ1v) is 10.6. The largest absolute Gasteiger partial charge is 0.369 e. The number of aromatic amines is 1. The Morgan fingerprint density at radius 2 is 1.76 bits per heavy atom. The van der Waals surface area contributed by atoms with Crippen molar-refractivity contribution >= 4 is 27.9 Å². The summed E-state index contributed by atoms with van der Waals surface area (Å²) in [5.74, 6) is -0.297. The molecule has 0 saturated carbocycles. The van der Waals surface area contributed by atoms with E-state index in [4.69, 9.17) is 4.98 Å². The molecule has 0 spiro atoms. The van der Waals surface area contributed by atoms with E-state index in [1.165, 1.54) is 11.8 Å². The van der Waals surface area contributed by atoms with Gasteiger partial charge >= 0.3 is 0 Å². The molecule has 0 radical (unpaired) electrons. The number of anilines is 1. The van der Waals surface area contributed by atoms with E-state index in [0.29, 0.717) is 11.2 Å². The first kappa shape index (κ1) is 18.3. The van der Waals surface area contributed by atoms with Crippen LogP contribution in [0.4, 0.5) is 10.1 Å². The van der Waals surface area contributed by atoms with Crippen molar-refractivity contribution < 1.29 is 4.39 Å². The molecule has 29 heavy (non-hydrogen) atoms. The molecule has 0 aliphatic carbocycles. The van der Waals surface area contributed by atoms with E-state index < -0.39 is 0 Å². The summed E-state index contributed by atoms with van der Waals surface area (Å²) in [4.78, 5) is 10.8. The maximum Gasteiger partial charge on any atom is 0.148 e. The van der Waals surface area contributed by atoms with Gasteiger partial charge in [0, 0.05) is 47.7 Å². The van der Waals surface area contributed by atoms with E-state index in [-0.39, 0.29) is 5.82 Å². The minimum absolute atomic E-state index is 0.297. The fourth-order valence-electron chi connectivity index (χ4n) is 3.83. The third kappa shape index (κ3) is 3.30. The number of para-hydroxylation sites is 1. The average Bonchev–Trinajstić information content (AvgIpc) is 3.33. The molecule has 7 heteroatoms. The second-order valence-electron chi connectivity index (χ2n) is 7.50. The Kier molecular flexibility index (Phi) is 4.56. The Morgan fingerprint density at radius 3 is 2.52 bits per heavy atom. The van der Waals surface area contributed by atoms with E-state index >= 15 is 0 Å². The van der Waals surface area contributed by atoms with E-state index in [9.17, 15) is 4.39 Å². The van der Waals surface area contributed by atoms with Crippen LogP contribution in [0.2, 0.25) is 0 Å². The number of H-pyrrole nitrogens is 1. The summed E-state index contributed by atoms with van der Waals surface area (Å²) in [6, 6.07) is 13.7. The second kappa shape index (κ2) is 7.24. The lowest BCUT2D eigenvalue weighted by atomic mass is 10.1. The Morgan fingerprint density at radius 1 is 1.00 bits per heavy atom. The van der Waals surface area contributed by atoms with Gasteiger partial charge in [0.1, 0.15) is 22.0 Å². The van der Waals surface area contributed by atoms with Crippen LogP contribution in [-0.2, 0) is 0 Å². The molecular weight excluding hydrogens is 385 g/mol. The Balaban J connectivity index is 1.45. The number of aromatic nitrogens is 3. The van der Waals surface area contributed by atoms with Gasteiger partial charge in [-0.25, -0.2) is 9.37 Å². The predicted octanol–water partition coefficient (Wildman–Crippen LogP) is 4.55. The molecule has 0 amide bonds. The van der Waals surface area contributed by atoms with Gasteiger partial charge in [-0.3, -0.25) is 5.10 Å². The minimum atomic E-state index is -0.297. The molecule has 2 aromatic heterocycles. The smallest absolute Gasteiger partial charge is 0.148 e. The zero-order valence-electron chi connectivity index (χ0n) is 16.4. The van der Waals surface area contributed by atoms with E-state index in [1.54, 1.807) is 17.4 Å². The number of hydrogen-bond donors (Lipinski definition) is 1. The van der Waals surface area contributed by atoms with Gasteiger partial charge in [0.25, 0.3) is 0 Å². The summed E-state index contributed by atoms with van der Waals surface area (Å²) in [6.45, 7) is 6.36. The van der Waals surface area contributed by atoms with Crippen molar-refractivity contribution in [3.63, 3.8) is 0 Å². The van der Waals surface area contributed by atoms with E-state index in [2.05, 4.69) is 58.2 Å². The topological polar surface area (TPSA) is 48.1 Å². The predicted molar refractivity (Wildman–Crippen MR) is 117 cm³/mol. The number of nitrogens with one attached hydrogen (secondary N) is 1. The van der Waals surface area contributed by atoms with Crippen LogP contribution in [0.25, 0.3) is 32.9 Å². The molecule has 148 valence electrons. The SMILES string of the molecule is Cc1sc(-c2n[nH]c3c(F)cccc23)nc1-c1ccc(N2CCN(C)CC2)cc1. The quantitative estimate of drug-likeness (QED) is 0.541. The van der Waals surface area contributed by atoms with Crippen molar-refractivity contribution in [1.82, 2.24) is 20.1 Å². The number of likely N-dealkylation sites (N-methyl/N-ethyl adjacent to an activating group) is 1. The summed E-state index contributed by atoms with van der Waals surface area (Å²) in [5, 5.41) is 8.69. The molecule has 0 atom stereocenters. The van der Waals surface area contributed by atoms with Crippen LogP contribution in [-0.4, -0.2) is 53.3 Å². The van der Waals surface area contributed by atoms with Crippen LogP contribution in [0.15, 0.2) is 42.5 Å². The maximum absolute atomic E-state index is 14.0. The molecule has 1 aliphatic rings. The van der Waals surface area contributed by atoms with Gasteiger partial charge in [0.05, 0.1) is 5.69 Å². The van der Waals surface area contributed by atoms with Gasteiger partial charge in [0.15, 0.2) is 0 Å². The number of piperazine rings is 1. The average molecular weight is 408 g/mol. The molecule has 0 bridgehead atoms. The highest BCUT2D eigenvalue weighted by Crippen LogP contribution is 2.36. The molecule has 1 aliphatic heterocycles. The highest BCUT2D eigenvalue weighted by atomic mass is 32.1. The Hall–Kier alpha value is -2.77. The van der Waals surface area contributed by atoms with Crippen LogP contribution in [0.5, 0.6) is 0 Å². The van der Waals surface area contributed by atoms with Crippen LogP contribution < -0.4 is 4.90 Å². The molecule has 5 rings (SSSR count). The summed E-state index contributed by atoms with van der Waals surface area (Å²) < 4.78 is 14.0. The summed E-state index contributed by atoms with van der Waals surface area (Å²) in [6.07, 6.45) is 0. The third-order valence-electron chi connectivity index (χ3n) is 5.56. The van der Waals surface area contributed by atoms with Gasteiger partial charge in [-0.1, -0.05) is 24.3 Å². The molecule has 1 saturated heterocycles. The number of hydrogen-bond acceptors (Lipinski definition) is 5. The highest BCUT2D eigenvalue weighted by molar-refractivity contribution is 7.15. The minimum Gasteiger partial charge on any atom is -0.369 e. The van der Waals surface area contributed by atoms with Gasteiger partial charge in [-0.2, -0.15) is 5.10 Å². The van der Waals surface area contributed by atoms with Crippen LogP contribution in [0.1, 0.15) is 4.88 Å². The monoisotopic (exact) mass is 407 g/mol. The first-order chi connectivity index (χ1) is 14.1. The van der Waals surface area contributed by atoms with Gasteiger partial charge in [-0.15, -0.1) is 11.3 Å². The van der Waals surface area contributed by atoms with Gasteiger partial charge in [-0.05, 0) is 32.2 Å². The van der Waals surface area contributed by atoms with Crippen molar-refractivity contribution in [2.24, 2.45) is 0 Å². The van der Waals surface area contributed by atoms with Crippen molar-refractivity contribution in [2.45, 2.75) is 6.92 Å². The molecule has 1 fully saturated rings. The van der Waals surface area contributed by atoms with Gasteiger partial charge < -0.3 is 9.80 Å². The third-order valence-corrected chi connectivity index (χ3v) is 6.53. The van der Waals surface area contributed by atoms with Crippen LogP contribution in [0, 0.1) is 12.7 Å². The molecule has 2 aromatic carbocycles. The molecule has 3 heterocycles. The van der Waals surface area contributed by atoms with Crippen molar-refractivity contribution in [2.75, 3.05) is 38.1 Å². The van der Waals surface area contributed by atoms with Crippen molar-refractivity contribution in [1.29, 1.82) is 0 Å². The van der Waals surface area contributed by atoms with Crippen molar-refractivity contribution in [3.05, 3.63) is 53.2 Å². The normalized spacial score (nSPS) is 15.3. The van der Waals surface area contributed by atoms with E-state index in [0.717, 1.165) is 52.7 Å². The molecular formula is C22H22FN5S.